The summed E-state index contributed by atoms with van der Waals surface area (Å²) in [6.45, 7) is 0. The number of hydrogen-bond donors (Lipinski definition) is 1. The molecule has 0 radical (unpaired) electrons. The highest BCUT2D eigenvalue weighted by Crippen LogP contribution is 2.10. The zero-order valence-corrected chi connectivity index (χ0v) is 6.97. The third-order valence-corrected chi connectivity index (χ3v) is 1.54. The van der Waals surface area contributed by atoms with E-state index in [2.05, 4.69) is 0 Å². The van der Waals surface area contributed by atoms with Crippen molar-refractivity contribution < 1.29 is 9.90 Å². The third kappa shape index (κ3) is 4.37. The number of carboxylic acids is 1. The molecule has 0 fully saturated rings. The van der Waals surface area contributed by atoms with Crippen LogP contribution in [0.4, 0.5) is 0 Å². The molecule has 0 unspecified atom stereocenters. The van der Waals surface area contributed by atoms with Crippen LogP contribution in [0.3, 0.4) is 0 Å². The monoisotopic (exact) mass is 182 g/mol. The molecular weight excluding hydrogens is 176 g/mol. The van der Waals surface area contributed by atoms with E-state index in [0.717, 1.165) is 11.8 Å². The van der Waals surface area contributed by atoms with Crippen molar-refractivity contribution in [2.45, 2.75) is 12.8 Å². The highest BCUT2D eigenvalue weighted by Gasteiger charge is 2.05. The van der Waals surface area contributed by atoms with Crippen molar-refractivity contribution in [2.75, 3.05) is 0 Å². The number of thiocyanates is 1. The number of nitrogens with zero attached hydrogens (tertiary/aromatic N) is 2. The molecule has 4 nitrogen and oxygen atoms in total. The van der Waals surface area contributed by atoms with Gasteiger partial charge in [0.1, 0.15) is 5.40 Å². The van der Waals surface area contributed by atoms with Gasteiger partial charge in [0.15, 0.2) is 0 Å². The van der Waals surface area contributed by atoms with Gasteiger partial charge in [0.25, 0.3) is 0 Å². The first-order valence-corrected chi connectivity index (χ1v) is 3.94. The van der Waals surface area contributed by atoms with Crippen LogP contribution < -0.4 is 0 Å². The van der Waals surface area contributed by atoms with Crippen molar-refractivity contribution in [3.05, 3.63) is 11.0 Å². The van der Waals surface area contributed by atoms with Crippen LogP contribution in [0.2, 0.25) is 0 Å². The number of nitriles is 2. The van der Waals surface area contributed by atoms with E-state index in [1.54, 1.807) is 5.40 Å². The molecule has 0 amide bonds. The molecular formula is C7H6N2O2S. The normalized spacial score (nSPS) is 10.0. The molecule has 5 heteroatoms. The van der Waals surface area contributed by atoms with Gasteiger partial charge in [-0.3, -0.25) is 0 Å². The minimum Gasteiger partial charge on any atom is -0.478 e. The second-order valence-corrected chi connectivity index (χ2v) is 2.47. The van der Waals surface area contributed by atoms with Crippen molar-refractivity contribution in [1.82, 2.24) is 0 Å². The van der Waals surface area contributed by atoms with Crippen LogP contribution in [0.25, 0.3) is 0 Å². The summed E-state index contributed by atoms with van der Waals surface area (Å²) in [5, 5.41) is 27.8. The topological polar surface area (TPSA) is 84.9 Å². The van der Waals surface area contributed by atoms with Crippen LogP contribution in [-0.2, 0) is 4.79 Å². The SMILES string of the molecule is N#CCC/C(=C/SC#N)C(=O)O. The van der Waals surface area contributed by atoms with Crippen molar-refractivity contribution in [1.29, 1.82) is 10.5 Å². The molecule has 62 valence electrons. The Balaban J connectivity index is 4.17. The number of carboxylic acid groups (broad SMARTS) is 1. The van der Waals surface area contributed by atoms with Gasteiger partial charge in [-0.1, -0.05) is 0 Å². The zero-order chi connectivity index (χ0) is 9.40. The van der Waals surface area contributed by atoms with Crippen LogP contribution in [0.5, 0.6) is 0 Å². The number of rotatable bonds is 4. The standard InChI is InChI=1S/C7H6N2O2S/c8-3-1-2-6(7(10)11)4-12-5-9/h4H,1-2H2,(H,10,11)/b6-4-. The summed E-state index contributed by atoms with van der Waals surface area (Å²) in [7, 11) is 0. The van der Waals surface area contributed by atoms with Crippen LogP contribution in [0.1, 0.15) is 12.8 Å². The molecule has 0 aliphatic heterocycles. The Morgan fingerprint density at radius 3 is 2.67 bits per heavy atom. The van der Waals surface area contributed by atoms with E-state index in [4.69, 9.17) is 15.6 Å². The quantitative estimate of drug-likeness (QED) is 0.525. The fourth-order valence-electron chi connectivity index (χ4n) is 0.504. The van der Waals surface area contributed by atoms with Crippen LogP contribution in [-0.4, -0.2) is 11.1 Å². The Hall–Kier alpha value is -1.46. The maximum Gasteiger partial charge on any atom is 0.332 e. The lowest BCUT2D eigenvalue weighted by molar-refractivity contribution is -0.132. The van der Waals surface area contributed by atoms with Crippen molar-refractivity contribution in [3.8, 4) is 11.5 Å². The Labute approximate surface area is 74.1 Å². The number of hydrogen-bond acceptors (Lipinski definition) is 4. The summed E-state index contributed by atoms with van der Waals surface area (Å²) in [6, 6.07) is 1.83. The number of carbonyl (C=O) groups is 1. The van der Waals surface area contributed by atoms with Gasteiger partial charge in [0.05, 0.1) is 6.07 Å². The molecule has 1 N–H and O–H groups in total. The molecule has 0 aromatic heterocycles. The summed E-state index contributed by atoms with van der Waals surface area (Å²) >= 11 is 0.748. The van der Waals surface area contributed by atoms with E-state index in [9.17, 15) is 4.79 Å². The van der Waals surface area contributed by atoms with E-state index < -0.39 is 5.97 Å². The molecule has 0 aliphatic carbocycles. The molecule has 0 saturated carbocycles. The predicted octanol–water partition coefficient (Wildman–Crippen LogP) is 1.47. The first-order valence-electron chi connectivity index (χ1n) is 3.06. The highest BCUT2D eigenvalue weighted by molar-refractivity contribution is 8.06. The van der Waals surface area contributed by atoms with Gasteiger partial charge >= 0.3 is 5.97 Å². The summed E-state index contributed by atoms with van der Waals surface area (Å²) in [4.78, 5) is 10.4. The summed E-state index contributed by atoms with van der Waals surface area (Å²) in [5.41, 5.74) is 0.100. The molecule has 0 aromatic rings. The minimum absolute atomic E-state index is 0.100. The Morgan fingerprint density at radius 1 is 1.58 bits per heavy atom. The van der Waals surface area contributed by atoms with Crippen LogP contribution in [0.15, 0.2) is 11.0 Å². The first kappa shape index (κ1) is 10.5. The minimum atomic E-state index is -1.08. The fourth-order valence-corrected chi connectivity index (χ4v) is 0.918. The molecule has 0 saturated heterocycles. The molecule has 0 heterocycles. The van der Waals surface area contributed by atoms with E-state index in [1.165, 1.54) is 5.41 Å². The van der Waals surface area contributed by atoms with E-state index >= 15 is 0 Å². The van der Waals surface area contributed by atoms with E-state index in [1.807, 2.05) is 6.07 Å². The van der Waals surface area contributed by atoms with Crippen LogP contribution >= 0.6 is 11.8 Å². The Morgan fingerprint density at radius 2 is 2.25 bits per heavy atom. The smallest absolute Gasteiger partial charge is 0.332 e. The largest absolute Gasteiger partial charge is 0.478 e. The summed E-state index contributed by atoms with van der Waals surface area (Å²) in [6.07, 6.45) is 0.338. The molecule has 0 aliphatic rings. The average molecular weight is 182 g/mol. The second kappa shape index (κ2) is 6.26. The summed E-state index contributed by atoms with van der Waals surface area (Å²) < 4.78 is 0. The number of aliphatic carboxylic acids is 1. The molecule has 0 aromatic carbocycles. The van der Waals surface area contributed by atoms with Gasteiger partial charge in [-0.25, -0.2) is 4.79 Å². The predicted molar refractivity (Wildman–Crippen MR) is 43.8 cm³/mol. The molecule has 12 heavy (non-hydrogen) atoms. The van der Waals surface area contributed by atoms with Crippen molar-refractivity contribution in [2.24, 2.45) is 0 Å². The van der Waals surface area contributed by atoms with Gasteiger partial charge in [-0.2, -0.15) is 10.5 Å². The Bertz CT molecular complexity index is 272. The van der Waals surface area contributed by atoms with Gasteiger partial charge < -0.3 is 5.11 Å². The lowest BCUT2D eigenvalue weighted by Crippen LogP contribution is -1.99. The lowest BCUT2D eigenvalue weighted by atomic mass is 10.2. The molecule has 0 rings (SSSR count). The van der Waals surface area contributed by atoms with Crippen molar-refractivity contribution >= 4 is 17.7 Å². The molecule has 0 atom stereocenters. The fraction of sp³-hybridized carbons (Fsp3) is 0.286. The van der Waals surface area contributed by atoms with Gasteiger partial charge in [-0.15, -0.1) is 0 Å². The zero-order valence-electron chi connectivity index (χ0n) is 6.15. The summed E-state index contributed by atoms with van der Waals surface area (Å²) in [5.74, 6) is -1.08. The van der Waals surface area contributed by atoms with Gasteiger partial charge in [0, 0.05) is 12.0 Å². The lowest BCUT2D eigenvalue weighted by Gasteiger charge is -1.94. The van der Waals surface area contributed by atoms with E-state index in [0.29, 0.717) is 0 Å². The second-order valence-electron chi connectivity index (χ2n) is 1.82. The third-order valence-electron chi connectivity index (χ3n) is 1.03. The maximum absolute atomic E-state index is 10.4. The first-order chi connectivity index (χ1) is 5.72. The van der Waals surface area contributed by atoms with Crippen molar-refractivity contribution in [3.63, 3.8) is 0 Å². The molecule has 0 bridgehead atoms. The molecule has 0 spiro atoms. The number of thioether (sulfide) groups is 1. The Kier molecular flexibility index (Phi) is 5.50. The maximum atomic E-state index is 10.4. The van der Waals surface area contributed by atoms with E-state index in [-0.39, 0.29) is 18.4 Å². The highest BCUT2D eigenvalue weighted by atomic mass is 32.2. The van der Waals surface area contributed by atoms with Gasteiger partial charge in [0.2, 0.25) is 0 Å². The van der Waals surface area contributed by atoms with Crippen LogP contribution in [0, 0.1) is 22.0 Å². The average Bonchev–Trinajstić information content (AvgIpc) is 2.04. The van der Waals surface area contributed by atoms with Gasteiger partial charge in [-0.05, 0) is 23.6 Å².